The number of carbonyl (C=O) groups excluding carboxylic acids is 1. The number of hydrogen-bond donors (Lipinski definition) is 0. The number of piperazine rings is 1. The first-order chi connectivity index (χ1) is 12.5. The summed E-state index contributed by atoms with van der Waals surface area (Å²) in [6.45, 7) is 12.1. The Morgan fingerprint density at radius 1 is 1.12 bits per heavy atom. The van der Waals surface area contributed by atoms with Crippen LogP contribution in [0.15, 0.2) is 24.3 Å². The van der Waals surface area contributed by atoms with Crippen LogP contribution in [0.5, 0.6) is 5.75 Å². The lowest BCUT2D eigenvalue weighted by Gasteiger charge is -2.42. The molecule has 26 heavy (non-hydrogen) atoms. The number of nitrogens with zero attached hydrogens (tertiary/aromatic N) is 3. The largest absolute Gasteiger partial charge is 0.497 e. The van der Waals surface area contributed by atoms with Gasteiger partial charge in [0.2, 0.25) is 5.91 Å². The van der Waals surface area contributed by atoms with Gasteiger partial charge in [0.15, 0.2) is 0 Å². The van der Waals surface area contributed by atoms with E-state index in [2.05, 4.69) is 47.6 Å². The van der Waals surface area contributed by atoms with Crippen LogP contribution in [0.3, 0.4) is 0 Å². The molecule has 0 aromatic heterocycles. The quantitative estimate of drug-likeness (QED) is 0.828. The minimum atomic E-state index is -0.0278. The number of ether oxygens (including phenoxy) is 1. The molecule has 5 nitrogen and oxygen atoms in total. The van der Waals surface area contributed by atoms with E-state index in [0.29, 0.717) is 17.7 Å². The lowest BCUT2D eigenvalue weighted by molar-refractivity contribution is -0.139. The number of piperidine rings is 1. The van der Waals surface area contributed by atoms with Crippen LogP contribution in [0.4, 0.5) is 5.69 Å². The van der Waals surface area contributed by atoms with Gasteiger partial charge in [-0.1, -0.05) is 19.9 Å². The number of anilines is 1. The Balaban J connectivity index is 1.56. The fraction of sp³-hybridized carbons (Fsp3) is 0.667. The Kier molecular flexibility index (Phi) is 6.07. The summed E-state index contributed by atoms with van der Waals surface area (Å²) in [6.07, 6.45) is 1.23. The molecule has 1 aromatic rings. The second-order valence-electron chi connectivity index (χ2n) is 8.09. The minimum Gasteiger partial charge on any atom is -0.497 e. The summed E-state index contributed by atoms with van der Waals surface area (Å²) in [7, 11) is 1.70. The molecule has 5 heteroatoms. The molecule has 0 bridgehead atoms. The number of likely N-dealkylation sites (tertiary alicyclic amines) is 1. The summed E-state index contributed by atoms with van der Waals surface area (Å²) in [4.78, 5) is 19.8. The number of methoxy groups -OCH3 is 1. The first kappa shape index (κ1) is 19.0. The Morgan fingerprint density at radius 3 is 2.38 bits per heavy atom. The van der Waals surface area contributed by atoms with E-state index in [1.165, 1.54) is 12.1 Å². The van der Waals surface area contributed by atoms with Crippen molar-refractivity contribution in [3.8, 4) is 5.75 Å². The average Bonchev–Trinajstić information content (AvgIpc) is 2.66. The third-order valence-corrected chi connectivity index (χ3v) is 5.82. The molecule has 3 rings (SSSR count). The summed E-state index contributed by atoms with van der Waals surface area (Å²) >= 11 is 0. The van der Waals surface area contributed by atoms with Gasteiger partial charge >= 0.3 is 0 Å². The Morgan fingerprint density at radius 2 is 1.77 bits per heavy atom. The van der Waals surface area contributed by atoms with Crippen LogP contribution in [0.1, 0.15) is 27.2 Å². The molecule has 3 atom stereocenters. The van der Waals surface area contributed by atoms with E-state index in [-0.39, 0.29) is 6.04 Å². The number of carbonyl (C=O) groups is 1. The molecule has 0 radical (unpaired) electrons. The molecule has 0 saturated carbocycles. The van der Waals surface area contributed by atoms with Crippen molar-refractivity contribution in [3.05, 3.63) is 24.3 Å². The molecule has 1 aromatic carbocycles. The lowest BCUT2D eigenvalue weighted by Crippen LogP contribution is -2.56. The standard InChI is InChI=1S/C21H33N3O2/c1-16-12-17(2)15-24(14-16)21(25)18(3)22-8-10-23(11-9-22)19-6-5-7-20(13-19)26-4/h5-7,13,16-18H,8-12,14-15H2,1-4H3/t16-,17-,18+/m0/s1. The third kappa shape index (κ3) is 4.32. The van der Waals surface area contributed by atoms with Crippen molar-refractivity contribution >= 4 is 11.6 Å². The predicted molar refractivity (Wildman–Crippen MR) is 106 cm³/mol. The zero-order chi connectivity index (χ0) is 18.7. The summed E-state index contributed by atoms with van der Waals surface area (Å²) < 4.78 is 5.33. The molecule has 2 heterocycles. The Hall–Kier alpha value is -1.75. The highest BCUT2D eigenvalue weighted by molar-refractivity contribution is 5.81. The van der Waals surface area contributed by atoms with Crippen molar-refractivity contribution < 1.29 is 9.53 Å². The number of benzene rings is 1. The van der Waals surface area contributed by atoms with E-state index in [0.717, 1.165) is 45.0 Å². The fourth-order valence-electron chi connectivity index (χ4n) is 4.44. The smallest absolute Gasteiger partial charge is 0.239 e. The monoisotopic (exact) mass is 359 g/mol. The highest BCUT2D eigenvalue weighted by Crippen LogP contribution is 2.24. The van der Waals surface area contributed by atoms with Crippen molar-refractivity contribution in [1.82, 2.24) is 9.80 Å². The lowest BCUT2D eigenvalue weighted by atomic mass is 9.91. The molecule has 0 spiro atoms. The number of rotatable bonds is 4. The van der Waals surface area contributed by atoms with Gasteiger partial charge < -0.3 is 14.5 Å². The zero-order valence-corrected chi connectivity index (χ0v) is 16.6. The minimum absolute atomic E-state index is 0.0278. The SMILES string of the molecule is COc1cccc(N2CCN([C@H](C)C(=O)N3C[C@@H](C)C[C@H](C)C3)CC2)c1. The van der Waals surface area contributed by atoms with Crippen LogP contribution in [0.2, 0.25) is 0 Å². The molecule has 2 fully saturated rings. The molecule has 0 N–H and O–H groups in total. The molecule has 1 amide bonds. The van der Waals surface area contributed by atoms with Gasteiger partial charge in [-0.25, -0.2) is 0 Å². The van der Waals surface area contributed by atoms with Crippen LogP contribution in [0, 0.1) is 11.8 Å². The van der Waals surface area contributed by atoms with Crippen LogP contribution in [0.25, 0.3) is 0 Å². The zero-order valence-electron chi connectivity index (χ0n) is 16.6. The van der Waals surface area contributed by atoms with E-state index in [4.69, 9.17) is 4.74 Å². The normalized spacial score (nSPS) is 25.8. The molecular weight excluding hydrogens is 326 g/mol. The maximum Gasteiger partial charge on any atom is 0.239 e. The van der Waals surface area contributed by atoms with Crippen molar-refractivity contribution in [2.45, 2.75) is 33.2 Å². The van der Waals surface area contributed by atoms with Crippen LogP contribution in [-0.4, -0.2) is 68.1 Å². The van der Waals surface area contributed by atoms with Crippen molar-refractivity contribution in [2.24, 2.45) is 11.8 Å². The second kappa shape index (κ2) is 8.30. The fourth-order valence-corrected chi connectivity index (χ4v) is 4.44. The van der Waals surface area contributed by atoms with E-state index < -0.39 is 0 Å². The van der Waals surface area contributed by atoms with Gasteiger partial charge in [0, 0.05) is 51.0 Å². The molecule has 2 aliphatic rings. The molecule has 0 unspecified atom stereocenters. The molecule has 0 aliphatic carbocycles. The summed E-state index contributed by atoms with van der Waals surface area (Å²) in [5, 5.41) is 0. The molecule has 2 aliphatic heterocycles. The van der Waals surface area contributed by atoms with Crippen molar-refractivity contribution in [1.29, 1.82) is 0 Å². The van der Waals surface area contributed by atoms with E-state index in [1.807, 2.05) is 12.1 Å². The first-order valence-corrected chi connectivity index (χ1v) is 9.89. The highest BCUT2D eigenvalue weighted by atomic mass is 16.5. The molecule has 2 saturated heterocycles. The van der Waals surface area contributed by atoms with Crippen molar-refractivity contribution in [3.63, 3.8) is 0 Å². The first-order valence-electron chi connectivity index (χ1n) is 9.89. The Labute approximate surface area is 157 Å². The van der Waals surface area contributed by atoms with Crippen LogP contribution >= 0.6 is 0 Å². The molecule has 144 valence electrons. The Bertz CT molecular complexity index is 603. The van der Waals surface area contributed by atoms with Crippen molar-refractivity contribution in [2.75, 3.05) is 51.3 Å². The van der Waals surface area contributed by atoms with Crippen LogP contribution < -0.4 is 9.64 Å². The maximum atomic E-state index is 13.0. The van der Waals surface area contributed by atoms with Crippen LogP contribution in [-0.2, 0) is 4.79 Å². The van der Waals surface area contributed by atoms with Gasteiger partial charge in [-0.05, 0) is 37.3 Å². The van der Waals surface area contributed by atoms with Gasteiger partial charge in [0.1, 0.15) is 5.75 Å². The topological polar surface area (TPSA) is 36.0 Å². The van der Waals surface area contributed by atoms with Gasteiger partial charge in [0.25, 0.3) is 0 Å². The van der Waals surface area contributed by atoms with E-state index in [9.17, 15) is 4.79 Å². The van der Waals surface area contributed by atoms with Gasteiger partial charge in [0.05, 0.1) is 13.2 Å². The average molecular weight is 360 g/mol. The summed E-state index contributed by atoms with van der Waals surface area (Å²) in [6, 6.07) is 8.19. The highest BCUT2D eigenvalue weighted by Gasteiger charge is 2.32. The number of hydrogen-bond acceptors (Lipinski definition) is 4. The van der Waals surface area contributed by atoms with E-state index in [1.54, 1.807) is 7.11 Å². The second-order valence-corrected chi connectivity index (χ2v) is 8.09. The maximum absolute atomic E-state index is 13.0. The summed E-state index contributed by atoms with van der Waals surface area (Å²) in [5.41, 5.74) is 1.20. The summed E-state index contributed by atoms with van der Waals surface area (Å²) in [5.74, 6) is 2.42. The van der Waals surface area contributed by atoms with E-state index >= 15 is 0 Å². The van der Waals surface area contributed by atoms with Gasteiger partial charge in [-0.15, -0.1) is 0 Å². The predicted octanol–water partition coefficient (Wildman–Crippen LogP) is 2.71. The van der Waals surface area contributed by atoms with Gasteiger partial charge in [-0.3, -0.25) is 9.69 Å². The molecular formula is C21H33N3O2. The number of amides is 1. The van der Waals surface area contributed by atoms with Gasteiger partial charge in [-0.2, -0.15) is 0 Å². The third-order valence-electron chi connectivity index (χ3n) is 5.82.